The van der Waals surface area contributed by atoms with Gasteiger partial charge < -0.3 is 5.32 Å². The van der Waals surface area contributed by atoms with Gasteiger partial charge in [-0.05, 0) is 29.7 Å². The first-order valence-corrected chi connectivity index (χ1v) is 4.87. The van der Waals surface area contributed by atoms with Crippen LogP contribution in [0, 0.1) is 5.82 Å². The summed E-state index contributed by atoms with van der Waals surface area (Å²) < 4.78 is 16.5. The van der Waals surface area contributed by atoms with Gasteiger partial charge in [-0.15, -0.1) is 5.10 Å². The molecule has 5 heteroatoms. The van der Waals surface area contributed by atoms with E-state index >= 15 is 0 Å². The lowest BCUT2D eigenvalue weighted by molar-refractivity contribution is 0.628. The van der Waals surface area contributed by atoms with E-state index in [0.29, 0.717) is 6.54 Å². The maximum Gasteiger partial charge on any atom is 0.125 e. The van der Waals surface area contributed by atoms with Crippen LogP contribution >= 0.6 is 11.5 Å². The summed E-state index contributed by atoms with van der Waals surface area (Å²) in [6.07, 6.45) is 1.69. The first kappa shape index (κ1) is 9.08. The Kier molecular flexibility index (Phi) is 2.69. The number of rotatable bonds is 3. The summed E-state index contributed by atoms with van der Waals surface area (Å²) in [5.41, 5.74) is 0.762. The Bertz CT molecular complexity index is 402. The van der Waals surface area contributed by atoms with Crippen molar-refractivity contribution in [1.29, 1.82) is 0 Å². The molecule has 1 heterocycles. The number of benzene rings is 1. The van der Waals surface area contributed by atoms with Crippen molar-refractivity contribution in [3.8, 4) is 0 Å². The first-order valence-electron chi connectivity index (χ1n) is 4.10. The summed E-state index contributed by atoms with van der Waals surface area (Å²) >= 11 is 1.33. The average molecular weight is 209 g/mol. The molecule has 14 heavy (non-hydrogen) atoms. The molecule has 3 nitrogen and oxygen atoms in total. The van der Waals surface area contributed by atoms with Crippen molar-refractivity contribution < 1.29 is 4.39 Å². The lowest BCUT2D eigenvalue weighted by Crippen LogP contribution is -1.97. The number of nitrogens with one attached hydrogen (secondary N) is 1. The largest absolute Gasteiger partial charge is 0.380 e. The Morgan fingerprint density at radius 2 is 2.36 bits per heavy atom. The Morgan fingerprint density at radius 1 is 1.43 bits per heavy atom. The van der Waals surface area contributed by atoms with E-state index in [4.69, 9.17) is 0 Å². The fourth-order valence-electron chi connectivity index (χ4n) is 1.05. The molecule has 0 aliphatic heterocycles. The van der Waals surface area contributed by atoms with Crippen LogP contribution in [0.3, 0.4) is 0 Å². The number of halogens is 1. The van der Waals surface area contributed by atoms with Crippen LogP contribution in [0.5, 0.6) is 0 Å². The van der Waals surface area contributed by atoms with Gasteiger partial charge in [0.15, 0.2) is 0 Å². The third-order valence-corrected chi connectivity index (χ3v) is 2.36. The van der Waals surface area contributed by atoms with Crippen molar-refractivity contribution in [3.05, 3.63) is 41.2 Å². The first-order chi connectivity index (χ1) is 6.84. The molecule has 0 unspecified atom stereocenters. The zero-order valence-corrected chi connectivity index (χ0v) is 8.09. The highest BCUT2D eigenvalue weighted by Crippen LogP contribution is 2.11. The van der Waals surface area contributed by atoms with Crippen molar-refractivity contribution in [2.75, 3.05) is 5.32 Å². The fourth-order valence-corrected chi connectivity index (χ4v) is 1.48. The van der Waals surface area contributed by atoms with E-state index in [2.05, 4.69) is 14.9 Å². The standard InChI is InChI=1S/C9H8FN3S/c10-7-2-1-3-8(4-7)11-5-9-6-12-13-14-9/h1-4,6,11H,5H2. The lowest BCUT2D eigenvalue weighted by Gasteiger charge is -2.03. The van der Waals surface area contributed by atoms with Gasteiger partial charge in [0.2, 0.25) is 0 Å². The van der Waals surface area contributed by atoms with E-state index in [1.54, 1.807) is 12.3 Å². The molecule has 0 saturated carbocycles. The van der Waals surface area contributed by atoms with E-state index in [9.17, 15) is 4.39 Å². The topological polar surface area (TPSA) is 37.8 Å². The second-order valence-corrected chi connectivity index (χ2v) is 3.62. The molecule has 0 aliphatic rings. The minimum Gasteiger partial charge on any atom is -0.380 e. The predicted octanol–water partition coefficient (Wildman–Crippen LogP) is 2.29. The molecule has 0 atom stereocenters. The summed E-state index contributed by atoms with van der Waals surface area (Å²) in [4.78, 5) is 1.02. The van der Waals surface area contributed by atoms with Gasteiger partial charge in [0.25, 0.3) is 0 Å². The van der Waals surface area contributed by atoms with E-state index in [0.717, 1.165) is 10.6 Å². The molecule has 1 aromatic heterocycles. The highest BCUT2D eigenvalue weighted by molar-refractivity contribution is 7.05. The predicted molar refractivity (Wildman–Crippen MR) is 53.6 cm³/mol. The van der Waals surface area contributed by atoms with E-state index in [1.807, 2.05) is 6.07 Å². The molecule has 0 radical (unpaired) electrons. The van der Waals surface area contributed by atoms with Gasteiger partial charge in [0, 0.05) is 5.69 Å². The molecule has 0 fully saturated rings. The number of nitrogens with zero attached hydrogens (tertiary/aromatic N) is 2. The van der Waals surface area contributed by atoms with Crippen LogP contribution < -0.4 is 5.32 Å². The maximum absolute atomic E-state index is 12.8. The molecule has 0 amide bonds. The number of anilines is 1. The normalized spacial score (nSPS) is 10.1. The SMILES string of the molecule is Fc1cccc(NCc2cnns2)c1. The van der Waals surface area contributed by atoms with Gasteiger partial charge >= 0.3 is 0 Å². The Hall–Kier alpha value is -1.49. The second kappa shape index (κ2) is 4.15. The molecule has 1 aromatic carbocycles. The van der Waals surface area contributed by atoms with Crippen molar-refractivity contribution in [3.63, 3.8) is 0 Å². The maximum atomic E-state index is 12.8. The van der Waals surface area contributed by atoms with Crippen molar-refractivity contribution in [2.24, 2.45) is 0 Å². The minimum atomic E-state index is -0.238. The smallest absolute Gasteiger partial charge is 0.125 e. The van der Waals surface area contributed by atoms with Crippen LogP contribution in [0.2, 0.25) is 0 Å². The van der Waals surface area contributed by atoms with Crippen molar-refractivity contribution in [2.45, 2.75) is 6.54 Å². The van der Waals surface area contributed by atoms with Gasteiger partial charge in [0.1, 0.15) is 5.82 Å². The van der Waals surface area contributed by atoms with E-state index < -0.39 is 0 Å². The zero-order valence-electron chi connectivity index (χ0n) is 7.27. The number of aromatic nitrogens is 2. The summed E-state index contributed by atoms with van der Waals surface area (Å²) in [7, 11) is 0. The van der Waals surface area contributed by atoms with Crippen LogP contribution in [0.15, 0.2) is 30.5 Å². The third-order valence-electron chi connectivity index (χ3n) is 1.70. The molecule has 72 valence electrons. The van der Waals surface area contributed by atoms with Crippen LogP contribution in [-0.4, -0.2) is 9.59 Å². The van der Waals surface area contributed by atoms with Crippen LogP contribution in [0.1, 0.15) is 4.88 Å². The number of hydrogen-bond acceptors (Lipinski definition) is 4. The summed E-state index contributed by atoms with van der Waals surface area (Å²) in [6, 6.07) is 6.36. The Morgan fingerprint density at radius 3 is 3.07 bits per heavy atom. The summed E-state index contributed by atoms with van der Waals surface area (Å²) in [5, 5.41) is 6.78. The molecular formula is C9H8FN3S. The van der Waals surface area contributed by atoms with Gasteiger partial charge in [-0.3, -0.25) is 0 Å². The molecule has 2 rings (SSSR count). The monoisotopic (exact) mass is 209 g/mol. The molecule has 0 spiro atoms. The highest BCUT2D eigenvalue weighted by atomic mass is 32.1. The van der Waals surface area contributed by atoms with Gasteiger partial charge in [-0.2, -0.15) is 0 Å². The highest BCUT2D eigenvalue weighted by Gasteiger charge is 1.97. The van der Waals surface area contributed by atoms with Gasteiger partial charge in [-0.1, -0.05) is 10.6 Å². The van der Waals surface area contributed by atoms with E-state index in [1.165, 1.54) is 23.7 Å². The molecule has 2 aromatic rings. The van der Waals surface area contributed by atoms with Crippen molar-refractivity contribution >= 4 is 17.2 Å². The van der Waals surface area contributed by atoms with Crippen molar-refractivity contribution in [1.82, 2.24) is 9.59 Å². The fraction of sp³-hybridized carbons (Fsp3) is 0.111. The summed E-state index contributed by atoms with van der Waals surface area (Å²) in [5.74, 6) is -0.238. The van der Waals surface area contributed by atoms with Gasteiger partial charge in [-0.25, -0.2) is 4.39 Å². The average Bonchev–Trinajstić information content (AvgIpc) is 2.67. The lowest BCUT2D eigenvalue weighted by atomic mass is 10.3. The molecule has 0 saturated heterocycles. The third kappa shape index (κ3) is 2.26. The van der Waals surface area contributed by atoms with Crippen LogP contribution in [0.25, 0.3) is 0 Å². The quantitative estimate of drug-likeness (QED) is 0.842. The molecule has 0 aliphatic carbocycles. The molecule has 1 N–H and O–H groups in total. The van der Waals surface area contributed by atoms with Gasteiger partial charge in [0.05, 0.1) is 17.6 Å². The Labute approximate surface area is 84.8 Å². The van der Waals surface area contributed by atoms with Crippen LogP contribution in [0.4, 0.5) is 10.1 Å². The minimum absolute atomic E-state index is 0.238. The summed E-state index contributed by atoms with van der Waals surface area (Å²) in [6.45, 7) is 0.626. The second-order valence-electron chi connectivity index (χ2n) is 2.75. The molecular weight excluding hydrogens is 201 g/mol. The number of hydrogen-bond donors (Lipinski definition) is 1. The van der Waals surface area contributed by atoms with Crippen LogP contribution in [-0.2, 0) is 6.54 Å². The molecule has 0 bridgehead atoms. The zero-order chi connectivity index (χ0) is 9.80. The Balaban J connectivity index is 1.98. The van der Waals surface area contributed by atoms with E-state index in [-0.39, 0.29) is 5.82 Å².